The molecule has 1 saturated heterocycles. The minimum Gasteiger partial charge on any atom is -0.371 e. The molecule has 1 saturated carbocycles. The van der Waals surface area contributed by atoms with Crippen LogP contribution >= 0.6 is 15.9 Å². The van der Waals surface area contributed by atoms with Gasteiger partial charge >= 0.3 is 0 Å². The lowest BCUT2D eigenvalue weighted by Crippen LogP contribution is -2.37. The summed E-state index contributed by atoms with van der Waals surface area (Å²) in [6.07, 6.45) is 6.20. The molecule has 3 rings (SSSR count). The highest BCUT2D eigenvalue weighted by molar-refractivity contribution is 9.10. The van der Waals surface area contributed by atoms with Crippen LogP contribution in [0.5, 0.6) is 0 Å². The molecule has 1 aromatic rings. The van der Waals surface area contributed by atoms with Crippen molar-refractivity contribution in [3.05, 3.63) is 34.1 Å². The number of benzene rings is 1. The summed E-state index contributed by atoms with van der Waals surface area (Å²) in [7, 11) is 0. The molecule has 2 aliphatic rings. The van der Waals surface area contributed by atoms with E-state index in [2.05, 4.69) is 21.2 Å². The van der Waals surface area contributed by atoms with Crippen LogP contribution in [0.2, 0.25) is 0 Å². The highest BCUT2D eigenvalue weighted by atomic mass is 79.9. The Hall–Kier alpha value is -0.450. The number of hydrogen-bond acceptors (Lipinski definition) is 2. The van der Waals surface area contributed by atoms with Crippen LogP contribution in [-0.4, -0.2) is 19.7 Å². The Kier molecular flexibility index (Phi) is 4.43. The highest BCUT2D eigenvalue weighted by Crippen LogP contribution is 2.39. The molecular weight excluding hydrogens is 321 g/mol. The van der Waals surface area contributed by atoms with Gasteiger partial charge in [-0.2, -0.15) is 0 Å². The van der Waals surface area contributed by atoms with E-state index in [-0.39, 0.29) is 17.3 Å². The molecular formula is C16H21BrFNO. The smallest absolute Gasteiger partial charge is 0.129 e. The zero-order valence-corrected chi connectivity index (χ0v) is 13.2. The molecule has 0 radical (unpaired) electrons. The Morgan fingerprint density at radius 2 is 2.05 bits per heavy atom. The molecule has 2 fully saturated rings. The van der Waals surface area contributed by atoms with Crippen molar-refractivity contribution in [2.75, 3.05) is 19.7 Å². The molecule has 1 N–H and O–H groups in total. The average Bonchev–Trinajstić information content (AvgIpc) is 2.66. The first-order valence-electron chi connectivity index (χ1n) is 7.46. The Morgan fingerprint density at radius 1 is 1.25 bits per heavy atom. The quantitative estimate of drug-likeness (QED) is 0.826. The van der Waals surface area contributed by atoms with Crippen molar-refractivity contribution < 1.29 is 9.13 Å². The Labute approximate surface area is 128 Å². The second-order valence-electron chi connectivity index (χ2n) is 6.16. The molecule has 1 aliphatic heterocycles. The SMILES string of the molecule is Fc1ccc(Br)cc1C1CNCC2(CCCCC2)CO1. The molecule has 0 bridgehead atoms. The molecule has 0 amide bonds. The van der Waals surface area contributed by atoms with E-state index in [1.54, 1.807) is 6.07 Å². The molecule has 1 atom stereocenters. The first kappa shape index (κ1) is 14.5. The summed E-state index contributed by atoms with van der Waals surface area (Å²) in [5.74, 6) is -0.181. The van der Waals surface area contributed by atoms with E-state index in [1.807, 2.05) is 6.07 Å². The van der Waals surface area contributed by atoms with E-state index in [0.717, 1.165) is 17.6 Å². The fourth-order valence-electron chi connectivity index (χ4n) is 3.44. The molecule has 4 heteroatoms. The van der Waals surface area contributed by atoms with Crippen LogP contribution in [0.15, 0.2) is 22.7 Å². The van der Waals surface area contributed by atoms with Crippen molar-refractivity contribution in [1.29, 1.82) is 0 Å². The lowest BCUT2D eigenvalue weighted by Gasteiger charge is -2.35. The van der Waals surface area contributed by atoms with Gasteiger partial charge in [0.15, 0.2) is 0 Å². The standard InChI is InChI=1S/C16H21BrFNO/c17-12-4-5-14(18)13(8-12)15-9-19-10-16(11-20-15)6-2-1-3-7-16/h4-5,8,15,19H,1-3,6-7,9-11H2. The zero-order chi connectivity index (χ0) is 14.0. The van der Waals surface area contributed by atoms with E-state index in [4.69, 9.17) is 4.74 Å². The van der Waals surface area contributed by atoms with Crippen molar-refractivity contribution in [3.63, 3.8) is 0 Å². The Morgan fingerprint density at radius 3 is 2.85 bits per heavy atom. The third kappa shape index (κ3) is 3.07. The average molecular weight is 342 g/mol. The van der Waals surface area contributed by atoms with E-state index >= 15 is 0 Å². The summed E-state index contributed by atoms with van der Waals surface area (Å²) in [6, 6.07) is 5.07. The Balaban J connectivity index is 1.75. The summed E-state index contributed by atoms with van der Waals surface area (Å²) in [5.41, 5.74) is 0.926. The third-order valence-corrected chi connectivity index (χ3v) is 5.13. The highest BCUT2D eigenvalue weighted by Gasteiger charge is 2.35. The van der Waals surface area contributed by atoms with Crippen LogP contribution < -0.4 is 5.32 Å². The number of rotatable bonds is 1. The summed E-state index contributed by atoms with van der Waals surface area (Å²) in [5, 5.41) is 3.50. The van der Waals surface area contributed by atoms with Gasteiger partial charge in [0.25, 0.3) is 0 Å². The van der Waals surface area contributed by atoms with Gasteiger partial charge in [0.1, 0.15) is 5.82 Å². The number of ether oxygens (including phenoxy) is 1. The molecule has 1 spiro atoms. The van der Waals surface area contributed by atoms with E-state index in [9.17, 15) is 4.39 Å². The fraction of sp³-hybridized carbons (Fsp3) is 0.625. The Bertz CT molecular complexity index is 474. The van der Waals surface area contributed by atoms with Gasteiger partial charge in [0.2, 0.25) is 0 Å². The maximum absolute atomic E-state index is 14.0. The fourth-order valence-corrected chi connectivity index (χ4v) is 3.82. The van der Waals surface area contributed by atoms with Gasteiger partial charge in [-0.1, -0.05) is 35.2 Å². The molecule has 110 valence electrons. The van der Waals surface area contributed by atoms with Crippen LogP contribution in [0.1, 0.15) is 43.8 Å². The van der Waals surface area contributed by atoms with Gasteiger partial charge in [-0.3, -0.25) is 0 Å². The molecule has 2 nitrogen and oxygen atoms in total. The van der Waals surface area contributed by atoms with Crippen LogP contribution in [0.4, 0.5) is 4.39 Å². The van der Waals surface area contributed by atoms with E-state index in [0.29, 0.717) is 12.1 Å². The second kappa shape index (κ2) is 6.12. The molecule has 0 aromatic heterocycles. The van der Waals surface area contributed by atoms with Gasteiger partial charge in [-0.05, 0) is 31.0 Å². The van der Waals surface area contributed by atoms with Crippen molar-refractivity contribution in [1.82, 2.24) is 5.32 Å². The second-order valence-corrected chi connectivity index (χ2v) is 7.07. The summed E-state index contributed by atoms with van der Waals surface area (Å²) >= 11 is 3.41. The molecule has 1 aliphatic carbocycles. The van der Waals surface area contributed by atoms with Crippen LogP contribution in [-0.2, 0) is 4.74 Å². The van der Waals surface area contributed by atoms with E-state index in [1.165, 1.54) is 38.2 Å². The first-order chi connectivity index (χ1) is 9.69. The van der Waals surface area contributed by atoms with Crippen molar-refractivity contribution >= 4 is 15.9 Å². The minimum atomic E-state index is -0.186. The van der Waals surface area contributed by atoms with Crippen LogP contribution in [0, 0.1) is 11.2 Å². The number of nitrogens with one attached hydrogen (secondary N) is 1. The lowest BCUT2D eigenvalue weighted by atomic mass is 9.74. The van der Waals surface area contributed by atoms with Gasteiger partial charge < -0.3 is 10.1 Å². The normalized spacial score (nSPS) is 26.4. The molecule has 1 heterocycles. The van der Waals surface area contributed by atoms with Crippen LogP contribution in [0.25, 0.3) is 0 Å². The van der Waals surface area contributed by atoms with Gasteiger partial charge in [-0.15, -0.1) is 0 Å². The van der Waals surface area contributed by atoms with Gasteiger partial charge in [-0.25, -0.2) is 4.39 Å². The predicted octanol–water partition coefficient (Wildman–Crippen LogP) is 4.20. The third-order valence-electron chi connectivity index (χ3n) is 4.64. The van der Waals surface area contributed by atoms with Crippen molar-refractivity contribution in [2.45, 2.75) is 38.2 Å². The first-order valence-corrected chi connectivity index (χ1v) is 8.25. The van der Waals surface area contributed by atoms with Crippen molar-refractivity contribution in [3.8, 4) is 0 Å². The largest absolute Gasteiger partial charge is 0.371 e. The topological polar surface area (TPSA) is 21.3 Å². The van der Waals surface area contributed by atoms with Gasteiger partial charge in [0.05, 0.1) is 12.7 Å². The van der Waals surface area contributed by atoms with Crippen molar-refractivity contribution in [2.24, 2.45) is 5.41 Å². The zero-order valence-electron chi connectivity index (χ0n) is 11.6. The van der Waals surface area contributed by atoms with Crippen LogP contribution in [0.3, 0.4) is 0 Å². The summed E-state index contributed by atoms with van der Waals surface area (Å²) < 4.78 is 21.0. The summed E-state index contributed by atoms with van der Waals surface area (Å²) in [4.78, 5) is 0. The molecule has 1 aromatic carbocycles. The maximum atomic E-state index is 14.0. The van der Waals surface area contributed by atoms with E-state index < -0.39 is 0 Å². The number of hydrogen-bond donors (Lipinski definition) is 1. The van der Waals surface area contributed by atoms with Gasteiger partial charge in [0, 0.05) is 28.5 Å². The number of halogens is 2. The monoisotopic (exact) mass is 341 g/mol. The molecule has 1 unspecified atom stereocenters. The summed E-state index contributed by atoms with van der Waals surface area (Å²) in [6.45, 7) is 2.44. The lowest BCUT2D eigenvalue weighted by molar-refractivity contribution is -0.00275. The minimum absolute atomic E-state index is 0.181. The maximum Gasteiger partial charge on any atom is 0.129 e. The molecule has 20 heavy (non-hydrogen) atoms. The predicted molar refractivity (Wildman–Crippen MR) is 81.2 cm³/mol.